The molecule has 0 aromatic heterocycles. The predicted molar refractivity (Wildman–Crippen MR) is 58.0 cm³/mol. The molecule has 1 aromatic rings. The molecular weight excluding hydrogens is 172 g/mol. The van der Waals surface area contributed by atoms with Gasteiger partial charge in [0.25, 0.3) is 0 Å². The molecule has 0 fully saturated rings. The second-order valence-electron chi connectivity index (χ2n) is 3.40. The Morgan fingerprint density at radius 2 is 2.21 bits per heavy atom. The molecule has 74 valence electrons. The van der Waals surface area contributed by atoms with Gasteiger partial charge >= 0.3 is 0 Å². The van der Waals surface area contributed by atoms with Crippen LogP contribution in [0.4, 0.5) is 0 Å². The average Bonchev–Trinajstić information content (AvgIpc) is 2.18. The molecule has 0 unspecified atom stereocenters. The zero-order valence-electron chi connectivity index (χ0n) is 8.59. The zero-order valence-corrected chi connectivity index (χ0v) is 8.59. The van der Waals surface area contributed by atoms with Gasteiger partial charge in [-0.05, 0) is 25.5 Å². The van der Waals surface area contributed by atoms with Crippen LogP contribution >= 0.6 is 0 Å². The van der Waals surface area contributed by atoms with E-state index in [2.05, 4.69) is 42.6 Å². The van der Waals surface area contributed by atoms with Gasteiger partial charge in [0.15, 0.2) is 0 Å². The van der Waals surface area contributed by atoms with E-state index in [0.717, 1.165) is 19.5 Å². The summed E-state index contributed by atoms with van der Waals surface area (Å²) in [4.78, 5) is 0. The zero-order chi connectivity index (χ0) is 10.2. The van der Waals surface area contributed by atoms with Crippen LogP contribution in [0, 0.1) is 18.3 Å². The molecule has 0 heterocycles. The number of nitrogens with zero attached hydrogens (tertiary/aromatic N) is 1. The van der Waals surface area contributed by atoms with Gasteiger partial charge in [-0.1, -0.05) is 29.8 Å². The fourth-order valence-electron chi connectivity index (χ4n) is 1.37. The maximum absolute atomic E-state index is 8.33. The normalized spacial score (nSPS) is 9.71. The summed E-state index contributed by atoms with van der Waals surface area (Å²) in [6.45, 7) is 3.85. The van der Waals surface area contributed by atoms with Crippen LogP contribution in [0.2, 0.25) is 0 Å². The van der Waals surface area contributed by atoms with Crippen LogP contribution < -0.4 is 5.32 Å². The smallest absolute Gasteiger partial charge is 0.0635 e. The number of hydrogen-bond donors (Lipinski definition) is 1. The second-order valence-corrected chi connectivity index (χ2v) is 3.40. The van der Waals surface area contributed by atoms with Crippen LogP contribution in [-0.2, 0) is 6.42 Å². The minimum absolute atomic E-state index is 0.591. The Hall–Kier alpha value is -1.33. The molecule has 0 spiro atoms. The molecule has 0 aliphatic heterocycles. The summed E-state index contributed by atoms with van der Waals surface area (Å²) < 4.78 is 0. The van der Waals surface area contributed by atoms with Crippen LogP contribution in [0.5, 0.6) is 0 Å². The van der Waals surface area contributed by atoms with E-state index < -0.39 is 0 Å². The number of hydrogen-bond acceptors (Lipinski definition) is 2. The first-order chi connectivity index (χ1) is 6.83. The summed E-state index contributed by atoms with van der Waals surface area (Å²) >= 11 is 0. The van der Waals surface area contributed by atoms with Gasteiger partial charge in [0.05, 0.1) is 6.07 Å². The van der Waals surface area contributed by atoms with E-state index in [-0.39, 0.29) is 0 Å². The third-order valence-corrected chi connectivity index (χ3v) is 2.09. The summed E-state index contributed by atoms with van der Waals surface area (Å²) in [5, 5.41) is 11.6. The van der Waals surface area contributed by atoms with E-state index in [1.165, 1.54) is 11.1 Å². The second kappa shape index (κ2) is 6.17. The standard InChI is InChI=1S/C12H16N2/c1-11-4-2-5-12(10-11)6-9-14-8-3-7-13/h2,4-5,10,14H,3,6,8-9H2,1H3. The van der Waals surface area contributed by atoms with Crippen LogP contribution in [0.15, 0.2) is 24.3 Å². The average molecular weight is 188 g/mol. The molecule has 0 bridgehead atoms. The van der Waals surface area contributed by atoms with E-state index in [4.69, 9.17) is 5.26 Å². The number of nitriles is 1. The topological polar surface area (TPSA) is 35.8 Å². The first-order valence-corrected chi connectivity index (χ1v) is 4.96. The fraction of sp³-hybridized carbons (Fsp3) is 0.417. The molecule has 2 heteroatoms. The lowest BCUT2D eigenvalue weighted by Gasteiger charge is -2.03. The third kappa shape index (κ3) is 4.06. The van der Waals surface area contributed by atoms with Crippen LogP contribution in [0.25, 0.3) is 0 Å². The maximum Gasteiger partial charge on any atom is 0.0635 e. The minimum Gasteiger partial charge on any atom is -0.315 e. The summed E-state index contributed by atoms with van der Waals surface area (Å²) in [6, 6.07) is 10.6. The minimum atomic E-state index is 0.591. The molecular formula is C12H16N2. The first kappa shape index (κ1) is 10.7. The van der Waals surface area contributed by atoms with Crippen LogP contribution in [-0.4, -0.2) is 13.1 Å². The van der Waals surface area contributed by atoms with Gasteiger partial charge in [0.1, 0.15) is 0 Å². The van der Waals surface area contributed by atoms with Crippen molar-refractivity contribution in [3.63, 3.8) is 0 Å². The molecule has 1 rings (SSSR count). The Morgan fingerprint density at radius 3 is 2.93 bits per heavy atom. The molecule has 0 aliphatic rings. The molecule has 0 atom stereocenters. The van der Waals surface area contributed by atoms with Gasteiger partial charge < -0.3 is 5.32 Å². The quantitative estimate of drug-likeness (QED) is 0.718. The Morgan fingerprint density at radius 1 is 1.36 bits per heavy atom. The summed E-state index contributed by atoms with van der Waals surface area (Å²) in [7, 11) is 0. The van der Waals surface area contributed by atoms with Gasteiger partial charge in [0.2, 0.25) is 0 Å². The lowest BCUT2D eigenvalue weighted by Crippen LogP contribution is -2.18. The Bertz CT molecular complexity index is 312. The van der Waals surface area contributed by atoms with Gasteiger partial charge in [-0.15, -0.1) is 0 Å². The summed E-state index contributed by atoms with van der Waals surface area (Å²) in [5.41, 5.74) is 2.66. The van der Waals surface area contributed by atoms with Crippen LogP contribution in [0.1, 0.15) is 17.5 Å². The van der Waals surface area contributed by atoms with Crippen molar-refractivity contribution in [3.8, 4) is 6.07 Å². The number of aryl methyl sites for hydroxylation is 1. The number of nitrogens with one attached hydrogen (secondary N) is 1. The molecule has 0 saturated carbocycles. The van der Waals surface area contributed by atoms with Crippen molar-refractivity contribution in [3.05, 3.63) is 35.4 Å². The third-order valence-electron chi connectivity index (χ3n) is 2.09. The van der Waals surface area contributed by atoms with Crippen molar-refractivity contribution in [2.75, 3.05) is 13.1 Å². The van der Waals surface area contributed by atoms with Crippen molar-refractivity contribution in [1.82, 2.24) is 5.32 Å². The summed E-state index contributed by atoms with van der Waals surface area (Å²) in [6.07, 6.45) is 1.63. The fourth-order valence-corrected chi connectivity index (χ4v) is 1.37. The van der Waals surface area contributed by atoms with Crippen molar-refractivity contribution in [2.24, 2.45) is 0 Å². The molecule has 2 nitrogen and oxygen atoms in total. The predicted octanol–water partition coefficient (Wildman–Crippen LogP) is 2.04. The van der Waals surface area contributed by atoms with E-state index in [1.807, 2.05) is 0 Å². The highest BCUT2D eigenvalue weighted by molar-refractivity contribution is 5.22. The van der Waals surface area contributed by atoms with Crippen LogP contribution in [0.3, 0.4) is 0 Å². The number of benzene rings is 1. The SMILES string of the molecule is Cc1cccc(CCNCCC#N)c1. The summed E-state index contributed by atoms with van der Waals surface area (Å²) in [5.74, 6) is 0. The van der Waals surface area contributed by atoms with Gasteiger partial charge in [-0.2, -0.15) is 5.26 Å². The molecule has 1 aromatic carbocycles. The Labute approximate surface area is 85.6 Å². The van der Waals surface area contributed by atoms with Crippen molar-refractivity contribution in [1.29, 1.82) is 5.26 Å². The van der Waals surface area contributed by atoms with Gasteiger partial charge in [-0.3, -0.25) is 0 Å². The first-order valence-electron chi connectivity index (χ1n) is 4.96. The van der Waals surface area contributed by atoms with Gasteiger partial charge in [-0.25, -0.2) is 0 Å². The largest absolute Gasteiger partial charge is 0.315 e. The Balaban J connectivity index is 2.22. The number of rotatable bonds is 5. The molecule has 0 saturated heterocycles. The van der Waals surface area contributed by atoms with E-state index in [0.29, 0.717) is 6.42 Å². The molecule has 0 radical (unpaired) electrons. The lowest BCUT2D eigenvalue weighted by atomic mass is 10.1. The molecule has 0 aliphatic carbocycles. The Kier molecular flexibility index (Phi) is 4.74. The highest BCUT2D eigenvalue weighted by Gasteiger charge is 1.92. The highest BCUT2D eigenvalue weighted by Crippen LogP contribution is 2.03. The van der Waals surface area contributed by atoms with E-state index in [1.54, 1.807) is 0 Å². The molecule has 14 heavy (non-hydrogen) atoms. The monoisotopic (exact) mass is 188 g/mol. The van der Waals surface area contributed by atoms with Gasteiger partial charge in [0, 0.05) is 13.0 Å². The van der Waals surface area contributed by atoms with Crippen molar-refractivity contribution < 1.29 is 0 Å². The van der Waals surface area contributed by atoms with Crippen molar-refractivity contribution >= 4 is 0 Å². The highest BCUT2D eigenvalue weighted by atomic mass is 14.8. The molecule has 1 N–H and O–H groups in total. The molecule has 0 amide bonds. The lowest BCUT2D eigenvalue weighted by molar-refractivity contribution is 0.692. The van der Waals surface area contributed by atoms with E-state index in [9.17, 15) is 0 Å². The maximum atomic E-state index is 8.33. The van der Waals surface area contributed by atoms with E-state index >= 15 is 0 Å². The van der Waals surface area contributed by atoms with Crippen molar-refractivity contribution in [2.45, 2.75) is 19.8 Å².